The summed E-state index contributed by atoms with van der Waals surface area (Å²) in [4.78, 5) is 0. The Kier molecular flexibility index (Phi) is 4.68. The normalized spacial score (nSPS) is 14.4. The molecule has 0 atom stereocenters. The Hall–Kier alpha value is -0.210. The van der Waals surface area contributed by atoms with Crippen molar-refractivity contribution in [3.8, 4) is 0 Å². The highest BCUT2D eigenvalue weighted by atomic mass is 19.3. The highest BCUT2D eigenvalue weighted by Crippen LogP contribution is 2.52. The minimum absolute atomic E-state index is 0.133. The van der Waals surface area contributed by atoms with Gasteiger partial charge < -0.3 is 0 Å². The maximum atomic E-state index is 14.1. The fraction of sp³-hybridized carbons (Fsp3) is 1.00. The predicted molar refractivity (Wildman–Crippen MR) is 58.1 cm³/mol. The molecule has 0 fully saturated rings. The molecule has 0 bridgehead atoms. The Morgan fingerprint density at radius 3 is 1.27 bits per heavy atom. The van der Waals surface area contributed by atoms with Crippen LogP contribution in [0.1, 0.15) is 60.3 Å². The SMILES string of the molecule is CCC(C)(CC)C(F)(F)C(F)(CC)CC. The van der Waals surface area contributed by atoms with Crippen molar-refractivity contribution in [2.75, 3.05) is 0 Å². The van der Waals surface area contributed by atoms with Gasteiger partial charge in [0.2, 0.25) is 0 Å². The molecule has 0 saturated heterocycles. The first-order chi connectivity index (χ1) is 6.74. The van der Waals surface area contributed by atoms with E-state index in [0.717, 1.165) is 0 Å². The van der Waals surface area contributed by atoms with Crippen molar-refractivity contribution < 1.29 is 13.2 Å². The van der Waals surface area contributed by atoms with Crippen molar-refractivity contribution in [2.45, 2.75) is 71.9 Å². The third-order valence-corrected chi connectivity index (χ3v) is 4.00. The minimum Gasteiger partial charge on any atom is -0.237 e. The molecule has 0 aromatic carbocycles. The Balaban J connectivity index is 5.25. The van der Waals surface area contributed by atoms with E-state index in [4.69, 9.17) is 0 Å². The van der Waals surface area contributed by atoms with Crippen LogP contribution in [0.3, 0.4) is 0 Å². The van der Waals surface area contributed by atoms with E-state index in [-0.39, 0.29) is 12.8 Å². The number of alkyl halides is 3. The van der Waals surface area contributed by atoms with E-state index in [1.807, 2.05) is 0 Å². The van der Waals surface area contributed by atoms with Gasteiger partial charge in [0.05, 0.1) is 0 Å². The number of halogens is 3. The maximum Gasteiger partial charge on any atom is 0.286 e. The second-order valence-electron chi connectivity index (χ2n) is 4.51. The summed E-state index contributed by atoms with van der Waals surface area (Å²) in [5, 5.41) is 0. The molecule has 15 heavy (non-hydrogen) atoms. The van der Waals surface area contributed by atoms with Gasteiger partial charge in [0.15, 0.2) is 5.67 Å². The topological polar surface area (TPSA) is 0 Å². The van der Waals surface area contributed by atoms with Gasteiger partial charge in [-0.1, -0.05) is 34.6 Å². The predicted octanol–water partition coefficient (Wildman–Crippen LogP) is 4.98. The van der Waals surface area contributed by atoms with E-state index in [1.165, 1.54) is 20.8 Å². The summed E-state index contributed by atoms with van der Waals surface area (Å²) >= 11 is 0. The van der Waals surface area contributed by atoms with Crippen LogP contribution >= 0.6 is 0 Å². The molecule has 92 valence electrons. The Bertz CT molecular complexity index is 171. The molecule has 0 saturated carbocycles. The van der Waals surface area contributed by atoms with Gasteiger partial charge in [0.1, 0.15) is 0 Å². The van der Waals surface area contributed by atoms with E-state index in [0.29, 0.717) is 12.8 Å². The van der Waals surface area contributed by atoms with Gasteiger partial charge in [-0.15, -0.1) is 0 Å². The molecular formula is C12H23F3. The highest BCUT2D eigenvalue weighted by Gasteiger charge is 2.61. The van der Waals surface area contributed by atoms with Gasteiger partial charge in [-0.25, -0.2) is 13.2 Å². The van der Waals surface area contributed by atoms with Crippen LogP contribution in [0.15, 0.2) is 0 Å². The molecule has 0 aliphatic rings. The molecule has 0 N–H and O–H groups in total. The fourth-order valence-electron chi connectivity index (χ4n) is 1.93. The van der Waals surface area contributed by atoms with Gasteiger partial charge in [0, 0.05) is 5.41 Å². The molecule has 0 rings (SSSR count). The standard InChI is InChI=1S/C12H23F3/c1-6-10(5,7-2)12(14,15)11(13,8-3)9-4/h6-9H2,1-5H3. The third kappa shape index (κ3) is 2.16. The zero-order valence-corrected chi connectivity index (χ0v) is 10.5. The maximum absolute atomic E-state index is 14.1. The van der Waals surface area contributed by atoms with Gasteiger partial charge in [-0.05, 0) is 25.7 Å². The molecule has 0 spiro atoms. The number of rotatable bonds is 6. The summed E-state index contributed by atoms with van der Waals surface area (Å²) in [6.07, 6.45) is 0.322. The van der Waals surface area contributed by atoms with Gasteiger partial charge in [-0.2, -0.15) is 0 Å². The van der Waals surface area contributed by atoms with Crippen molar-refractivity contribution in [3.63, 3.8) is 0 Å². The van der Waals surface area contributed by atoms with E-state index in [1.54, 1.807) is 13.8 Å². The van der Waals surface area contributed by atoms with Crippen LogP contribution in [-0.2, 0) is 0 Å². The molecule has 0 aromatic heterocycles. The molecule has 0 aliphatic heterocycles. The van der Waals surface area contributed by atoms with E-state index in [9.17, 15) is 13.2 Å². The van der Waals surface area contributed by atoms with E-state index >= 15 is 0 Å². The van der Waals surface area contributed by atoms with Gasteiger partial charge in [-0.3, -0.25) is 0 Å². The number of hydrogen-bond donors (Lipinski definition) is 0. The van der Waals surface area contributed by atoms with Crippen LogP contribution in [0.25, 0.3) is 0 Å². The summed E-state index contributed by atoms with van der Waals surface area (Å²) in [5.74, 6) is -3.26. The lowest BCUT2D eigenvalue weighted by Gasteiger charge is -2.44. The van der Waals surface area contributed by atoms with Crippen LogP contribution in [-0.4, -0.2) is 11.6 Å². The van der Waals surface area contributed by atoms with Crippen molar-refractivity contribution >= 4 is 0 Å². The van der Waals surface area contributed by atoms with Crippen molar-refractivity contribution in [1.29, 1.82) is 0 Å². The van der Waals surface area contributed by atoms with Gasteiger partial charge >= 0.3 is 0 Å². The molecule has 0 radical (unpaired) electrons. The summed E-state index contributed by atoms with van der Waals surface area (Å²) in [6, 6.07) is 0. The molecule has 0 amide bonds. The minimum atomic E-state index is -3.26. The van der Waals surface area contributed by atoms with Crippen LogP contribution in [0.5, 0.6) is 0 Å². The highest BCUT2D eigenvalue weighted by molar-refractivity contribution is 5.01. The molecule has 0 nitrogen and oxygen atoms in total. The van der Waals surface area contributed by atoms with Crippen molar-refractivity contribution in [3.05, 3.63) is 0 Å². The first kappa shape index (κ1) is 14.8. The van der Waals surface area contributed by atoms with Crippen LogP contribution < -0.4 is 0 Å². The van der Waals surface area contributed by atoms with Gasteiger partial charge in [0.25, 0.3) is 5.92 Å². The van der Waals surface area contributed by atoms with Crippen LogP contribution in [0.4, 0.5) is 13.2 Å². The number of hydrogen-bond acceptors (Lipinski definition) is 0. The summed E-state index contributed by atoms with van der Waals surface area (Å²) in [7, 11) is 0. The summed E-state index contributed by atoms with van der Waals surface area (Å²) in [6.45, 7) is 7.85. The molecule has 3 heteroatoms. The lowest BCUT2D eigenvalue weighted by Crippen LogP contribution is -2.54. The smallest absolute Gasteiger partial charge is 0.237 e. The zero-order valence-electron chi connectivity index (χ0n) is 10.5. The average molecular weight is 224 g/mol. The average Bonchev–Trinajstić information content (AvgIpc) is 2.26. The largest absolute Gasteiger partial charge is 0.286 e. The molecular weight excluding hydrogens is 201 g/mol. The quantitative estimate of drug-likeness (QED) is 0.597. The summed E-state index contributed by atoms with van der Waals surface area (Å²) < 4.78 is 42.4. The lowest BCUT2D eigenvalue weighted by molar-refractivity contribution is -0.217. The monoisotopic (exact) mass is 224 g/mol. The molecule has 0 unspecified atom stereocenters. The van der Waals surface area contributed by atoms with Crippen LogP contribution in [0.2, 0.25) is 0 Å². The molecule has 0 heterocycles. The van der Waals surface area contributed by atoms with Crippen molar-refractivity contribution in [2.24, 2.45) is 5.41 Å². The van der Waals surface area contributed by atoms with E-state index in [2.05, 4.69) is 0 Å². The lowest BCUT2D eigenvalue weighted by atomic mass is 9.70. The molecule has 0 aromatic rings. The third-order valence-electron chi connectivity index (χ3n) is 4.00. The van der Waals surface area contributed by atoms with Crippen LogP contribution in [0, 0.1) is 5.41 Å². The second-order valence-corrected chi connectivity index (χ2v) is 4.51. The fourth-order valence-corrected chi connectivity index (χ4v) is 1.93. The van der Waals surface area contributed by atoms with Crippen molar-refractivity contribution in [1.82, 2.24) is 0 Å². The summed E-state index contributed by atoms with van der Waals surface area (Å²) in [5.41, 5.74) is -3.61. The van der Waals surface area contributed by atoms with E-state index < -0.39 is 17.0 Å². The first-order valence-corrected chi connectivity index (χ1v) is 5.81. The first-order valence-electron chi connectivity index (χ1n) is 5.81. The second kappa shape index (κ2) is 4.75. The molecule has 0 aliphatic carbocycles. The zero-order chi connectivity index (χ0) is 12.3. The Labute approximate surface area is 91.3 Å². The Morgan fingerprint density at radius 2 is 1.07 bits per heavy atom. The Morgan fingerprint density at radius 1 is 0.733 bits per heavy atom.